The van der Waals surface area contributed by atoms with Crippen molar-refractivity contribution < 1.29 is 22.8 Å². The number of carbonyl (C=O) groups excluding carboxylic acids is 2. The zero-order valence-electron chi connectivity index (χ0n) is 15.3. The summed E-state index contributed by atoms with van der Waals surface area (Å²) in [6.07, 6.45) is -2.63. The number of piperidine rings is 1. The van der Waals surface area contributed by atoms with Crippen molar-refractivity contribution >= 4 is 11.8 Å². The second kappa shape index (κ2) is 8.10. The minimum absolute atomic E-state index is 0.0504. The van der Waals surface area contributed by atoms with Crippen LogP contribution in [0.3, 0.4) is 0 Å². The Labute approximate surface area is 151 Å². The predicted molar refractivity (Wildman–Crippen MR) is 92.2 cm³/mol. The molecule has 1 fully saturated rings. The largest absolute Gasteiger partial charge is 0.416 e. The first-order valence-corrected chi connectivity index (χ1v) is 8.88. The molecule has 1 aliphatic heterocycles. The van der Waals surface area contributed by atoms with Gasteiger partial charge in [0, 0.05) is 19.5 Å². The number of hydrogen-bond acceptors (Lipinski definition) is 2. The summed E-state index contributed by atoms with van der Waals surface area (Å²) < 4.78 is 38.9. The lowest BCUT2D eigenvalue weighted by Crippen LogP contribution is -2.47. The molecule has 0 unspecified atom stereocenters. The Bertz CT molecular complexity index is 660. The van der Waals surface area contributed by atoms with E-state index in [-0.39, 0.29) is 30.3 Å². The fourth-order valence-electron chi connectivity index (χ4n) is 3.26. The Morgan fingerprint density at radius 2 is 2.00 bits per heavy atom. The first kappa shape index (κ1) is 20.3. The second-order valence-electron chi connectivity index (χ2n) is 6.90. The van der Waals surface area contributed by atoms with Crippen molar-refractivity contribution in [3.8, 4) is 0 Å². The third-order valence-corrected chi connectivity index (χ3v) is 4.96. The predicted octanol–water partition coefficient (Wildman–Crippen LogP) is 3.92. The molecule has 0 aromatic heterocycles. The molecule has 7 heteroatoms. The highest BCUT2D eigenvalue weighted by Crippen LogP contribution is 2.36. The molecular formula is C19H25F3N2O2. The third kappa shape index (κ3) is 4.77. The first-order chi connectivity index (χ1) is 12.1. The molecule has 0 spiro atoms. The van der Waals surface area contributed by atoms with Crippen molar-refractivity contribution in [1.29, 1.82) is 0 Å². The van der Waals surface area contributed by atoms with Crippen molar-refractivity contribution in [2.45, 2.75) is 58.3 Å². The van der Waals surface area contributed by atoms with Crippen molar-refractivity contribution in [3.63, 3.8) is 0 Å². The van der Waals surface area contributed by atoms with E-state index in [0.717, 1.165) is 18.6 Å². The van der Waals surface area contributed by atoms with Gasteiger partial charge in [-0.2, -0.15) is 13.2 Å². The van der Waals surface area contributed by atoms with Crippen LogP contribution >= 0.6 is 0 Å². The monoisotopic (exact) mass is 370 g/mol. The highest BCUT2D eigenvalue weighted by Gasteiger charge is 2.36. The van der Waals surface area contributed by atoms with Gasteiger partial charge in [-0.15, -0.1) is 0 Å². The molecule has 1 aliphatic rings. The molecule has 0 saturated carbocycles. The van der Waals surface area contributed by atoms with Gasteiger partial charge in [0.05, 0.1) is 17.5 Å². The Morgan fingerprint density at radius 1 is 1.31 bits per heavy atom. The van der Waals surface area contributed by atoms with Gasteiger partial charge >= 0.3 is 6.18 Å². The summed E-state index contributed by atoms with van der Waals surface area (Å²) in [4.78, 5) is 26.0. The standard InChI is InChI=1S/C19H25F3N2O2/c1-4-12(2)23-18(26)15-8-9-17(24(11-15)13(3)25)14-6-5-7-16(10-14)19(20,21)22/h5-7,10,12,15,17H,4,8-9,11H2,1-3H3,(H,23,26)/t12-,15+,17+/m0/s1. The maximum atomic E-state index is 13.0. The molecule has 4 nitrogen and oxygen atoms in total. The van der Waals surface area contributed by atoms with E-state index in [1.165, 1.54) is 17.9 Å². The van der Waals surface area contributed by atoms with Gasteiger partial charge in [-0.05, 0) is 43.9 Å². The summed E-state index contributed by atoms with van der Waals surface area (Å²) in [6, 6.07) is 4.69. The van der Waals surface area contributed by atoms with Crippen LogP contribution in [0.5, 0.6) is 0 Å². The molecule has 2 rings (SSSR count). The summed E-state index contributed by atoms with van der Waals surface area (Å²) in [5.74, 6) is -0.684. The molecule has 1 aromatic carbocycles. The van der Waals surface area contributed by atoms with Crippen LogP contribution in [-0.2, 0) is 15.8 Å². The van der Waals surface area contributed by atoms with Gasteiger partial charge in [0.15, 0.2) is 0 Å². The van der Waals surface area contributed by atoms with Crippen molar-refractivity contribution in [2.24, 2.45) is 5.92 Å². The first-order valence-electron chi connectivity index (χ1n) is 8.88. The molecule has 1 aromatic rings. The van der Waals surface area contributed by atoms with E-state index in [4.69, 9.17) is 0 Å². The molecule has 3 atom stereocenters. The van der Waals surface area contributed by atoms with Crippen LogP contribution in [-0.4, -0.2) is 29.3 Å². The number of amides is 2. The topological polar surface area (TPSA) is 49.4 Å². The van der Waals surface area contributed by atoms with E-state index in [2.05, 4.69) is 5.32 Å². The number of rotatable bonds is 4. The van der Waals surface area contributed by atoms with E-state index in [0.29, 0.717) is 18.4 Å². The Balaban J connectivity index is 2.19. The molecule has 1 heterocycles. The smallest absolute Gasteiger partial charge is 0.353 e. The maximum absolute atomic E-state index is 13.0. The summed E-state index contributed by atoms with van der Waals surface area (Å²) in [6.45, 7) is 5.49. The van der Waals surface area contributed by atoms with E-state index < -0.39 is 17.8 Å². The van der Waals surface area contributed by atoms with Crippen molar-refractivity contribution in [3.05, 3.63) is 35.4 Å². The number of carbonyl (C=O) groups is 2. The van der Waals surface area contributed by atoms with Gasteiger partial charge in [0.2, 0.25) is 11.8 Å². The lowest BCUT2D eigenvalue weighted by Gasteiger charge is -2.39. The Morgan fingerprint density at radius 3 is 2.58 bits per heavy atom. The fraction of sp³-hybridized carbons (Fsp3) is 0.579. The SMILES string of the molecule is CC[C@H](C)NC(=O)[C@@H]1CC[C@H](c2cccc(C(F)(F)F)c2)N(C(C)=O)C1. The lowest BCUT2D eigenvalue weighted by atomic mass is 9.87. The normalized spacial score (nSPS) is 22.0. The van der Waals surface area contributed by atoms with Crippen LogP contribution in [0.1, 0.15) is 57.2 Å². The van der Waals surface area contributed by atoms with Crippen molar-refractivity contribution in [1.82, 2.24) is 10.2 Å². The van der Waals surface area contributed by atoms with Crippen LogP contribution in [0, 0.1) is 5.92 Å². The van der Waals surface area contributed by atoms with Gasteiger partial charge in [-0.25, -0.2) is 0 Å². The van der Waals surface area contributed by atoms with Crippen LogP contribution in [0.15, 0.2) is 24.3 Å². The third-order valence-electron chi connectivity index (χ3n) is 4.96. The average molecular weight is 370 g/mol. The number of alkyl halides is 3. The van der Waals surface area contributed by atoms with Gasteiger partial charge < -0.3 is 10.2 Å². The van der Waals surface area contributed by atoms with Crippen LogP contribution in [0.25, 0.3) is 0 Å². The minimum atomic E-state index is -4.43. The number of likely N-dealkylation sites (tertiary alicyclic amines) is 1. The molecule has 1 N–H and O–H groups in total. The molecular weight excluding hydrogens is 345 g/mol. The highest BCUT2D eigenvalue weighted by atomic mass is 19.4. The number of nitrogens with zero attached hydrogens (tertiary/aromatic N) is 1. The summed E-state index contributed by atoms with van der Waals surface area (Å²) in [5.41, 5.74) is -0.272. The average Bonchev–Trinajstić information content (AvgIpc) is 2.60. The van der Waals surface area contributed by atoms with E-state index in [1.807, 2.05) is 13.8 Å². The molecule has 0 radical (unpaired) electrons. The highest BCUT2D eigenvalue weighted by molar-refractivity contribution is 5.81. The maximum Gasteiger partial charge on any atom is 0.416 e. The zero-order chi connectivity index (χ0) is 19.5. The minimum Gasteiger partial charge on any atom is -0.353 e. The van der Waals surface area contributed by atoms with Gasteiger partial charge in [0.1, 0.15) is 0 Å². The quantitative estimate of drug-likeness (QED) is 0.873. The summed E-state index contributed by atoms with van der Waals surface area (Å²) in [5, 5.41) is 2.92. The number of benzene rings is 1. The van der Waals surface area contributed by atoms with E-state index >= 15 is 0 Å². The Hall–Kier alpha value is -2.05. The molecule has 144 valence electrons. The van der Waals surface area contributed by atoms with Crippen molar-refractivity contribution in [2.75, 3.05) is 6.54 Å². The van der Waals surface area contributed by atoms with Crippen LogP contribution < -0.4 is 5.32 Å². The summed E-state index contributed by atoms with van der Waals surface area (Å²) >= 11 is 0. The molecule has 2 amide bonds. The number of hydrogen-bond donors (Lipinski definition) is 1. The van der Waals surface area contributed by atoms with Gasteiger partial charge in [0.25, 0.3) is 0 Å². The van der Waals surface area contributed by atoms with Crippen LogP contribution in [0.4, 0.5) is 13.2 Å². The lowest BCUT2D eigenvalue weighted by molar-refractivity contribution is -0.137. The number of halogens is 3. The molecule has 0 aliphatic carbocycles. The molecule has 26 heavy (non-hydrogen) atoms. The van der Waals surface area contributed by atoms with Gasteiger partial charge in [-0.3, -0.25) is 9.59 Å². The summed E-state index contributed by atoms with van der Waals surface area (Å²) in [7, 11) is 0. The zero-order valence-corrected chi connectivity index (χ0v) is 15.3. The number of nitrogens with one attached hydrogen (secondary N) is 1. The Kier molecular flexibility index (Phi) is 6.31. The van der Waals surface area contributed by atoms with E-state index in [9.17, 15) is 22.8 Å². The van der Waals surface area contributed by atoms with E-state index in [1.54, 1.807) is 6.07 Å². The molecule has 0 bridgehead atoms. The fourth-order valence-corrected chi connectivity index (χ4v) is 3.26. The van der Waals surface area contributed by atoms with Gasteiger partial charge in [-0.1, -0.05) is 19.1 Å². The second-order valence-corrected chi connectivity index (χ2v) is 6.90. The van der Waals surface area contributed by atoms with Crippen LogP contribution in [0.2, 0.25) is 0 Å². The molecule has 1 saturated heterocycles.